The van der Waals surface area contributed by atoms with Crippen molar-refractivity contribution in [3.63, 3.8) is 0 Å². The third-order valence-corrected chi connectivity index (χ3v) is 5.12. The molecule has 0 bridgehead atoms. The summed E-state index contributed by atoms with van der Waals surface area (Å²) in [5.74, 6) is -0.412. The summed E-state index contributed by atoms with van der Waals surface area (Å²) in [6.07, 6.45) is -0.838. The number of amides is 1. The number of carbonyl (C=O) groups is 1. The maximum Gasteiger partial charge on any atom is 0.243 e. The summed E-state index contributed by atoms with van der Waals surface area (Å²) in [6, 6.07) is 25.4. The van der Waals surface area contributed by atoms with Gasteiger partial charge in [0, 0.05) is 29.0 Å². The van der Waals surface area contributed by atoms with E-state index in [0.29, 0.717) is 11.5 Å². The Morgan fingerprint density at radius 2 is 1.74 bits per heavy atom. The molecule has 0 saturated carbocycles. The number of fused-ring (bicyclic) bond motifs is 1. The molecule has 0 aliphatic carbocycles. The van der Waals surface area contributed by atoms with Crippen LogP contribution in [0.25, 0.3) is 22.2 Å². The monoisotopic (exact) mass is 411 g/mol. The number of halogens is 1. The maximum atomic E-state index is 13.8. The van der Waals surface area contributed by atoms with E-state index in [1.54, 1.807) is 12.1 Å². The van der Waals surface area contributed by atoms with Gasteiger partial charge in [-0.1, -0.05) is 60.7 Å². The largest absolute Gasteiger partial charge is 0.446 e. The van der Waals surface area contributed by atoms with Gasteiger partial charge in [0.05, 0.1) is 11.2 Å². The fourth-order valence-corrected chi connectivity index (χ4v) is 3.66. The van der Waals surface area contributed by atoms with Crippen molar-refractivity contribution in [3.8, 4) is 11.3 Å². The number of aromatic nitrogens is 1. The first-order chi connectivity index (χ1) is 15.1. The van der Waals surface area contributed by atoms with Crippen LogP contribution >= 0.6 is 0 Å². The van der Waals surface area contributed by atoms with Crippen molar-refractivity contribution in [2.75, 3.05) is 0 Å². The number of carbonyl (C=O) groups excluding carboxylic acids is 1. The van der Waals surface area contributed by atoms with Crippen LogP contribution in [0.15, 0.2) is 90.0 Å². The van der Waals surface area contributed by atoms with Crippen LogP contribution in [0.5, 0.6) is 0 Å². The van der Waals surface area contributed by atoms with Crippen molar-refractivity contribution in [1.29, 1.82) is 0 Å². The summed E-state index contributed by atoms with van der Waals surface area (Å²) in [7, 11) is 0. The molecule has 2 heterocycles. The summed E-state index contributed by atoms with van der Waals surface area (Å²) in [5.41, 5.74) is 3.74. The Bertz CT molecular complexity index is 1320. The van der Waals surface area contributed by atoms with Crippen LogP contribution in [0.2, 0.25) is 0 Å². The van der Waals surface area contributed by atoms with Gasteiger partial charge in [-0.25, -0.2) is 9.37 Å². The number of benzene rings is 3. The van der Waals surface area contributed by atoms with E-state index in [0.717, 1.165) is 27.7 Å². The van der Waals surface area contributed by atoms with Crippen LogP contribution in [0.3, 0.4) is 0 Å². The SMILES string of the molecule is CC(=O)N1N=C(c2cc(-c3ccccc3)nc3ccccc23)O[C@H]1c1cccc(F)c1. The highest BCUT2D eigenvalue weighted by Gasteiger charge is 2.34. The van der Waals surface area contributed by atoms with Crippen LogP contribution in [0.4, 0.5) is 4.39 Å². The predicted octanol–water partition coefficient (Wildman–Crippen LogP) is 5.28. The minimum atomic E-state index is -0.838. The zero-order chi connectivity index (χ0) is 21.4. The smallest absolute Gasteiger partial charge is 0.243 e. The van der Waals surface area contributed by atoms with Gasteiger partial charge in [-0.2, -0.15) is 5.01 Å². The Kier molecular flexibility index (Phi) is 4.67. The zero-order valence-corrected chi connectivity index (χ0v) is 16.7. The van der Waals surface area contributed by atoms with Gasteiger partial charge < -0.3 is 4.74 Å². The molecule has 31 heavy (non-hydrogen) atoms. The molecule has 3 aromatic carbocycles. The van der Waals surface area contributed by atoms with Gasteiger partial charge in [0.25, 0.3) is 0 Å². The standard InChI is InChI=1S/C25H18FN3O2/c1-16(30)29-25(18-10-7-11-19(26)14-18)31-24(28-29)21-15-23(17-8-3-2-4-9-17)27-22-13-6-5-12-20(21)22/h2-15,25H,1H3/t25-/m0/s1. The highest BCUT2D eigenvalue weighted by Crippen LogP contribution is 2.33. The van der Waals surface area contributed by atoms with Crippen LogP contribution in [0.1, 0.15) is 24.3 Å². The van der Waals surface area contributed by atoms with Gasteiger partial charge in [-0.15, -0.1) is 5.10 Å². The molecule has 0 unspecified atom stereocenters. The van der Waals surface area contributed by atoms with E-state index in [9.17, 15) is 9.18 Å². The second-order valence-electron chi connectivity index (χ2n) is 7.23. The van der Waals surface area contributed by atoms with E-state index in [1.165, 1.54) is 24.1 Å². The third-order valence-electron chi connectivity index (χ3n) is 5.12. The van der Waals surface area contributed by atoms with Crippen molar-refractivity contribution in [2.45, 2.75) is 13.2 Å². The summed E-state index contributed by atoms with van der Waals surface area (Å²) in [4.78, 5) is 17.1. The lowest BCUT2D eigenvalue weighted by Gasteiger charge is -2.19. The van der Waals surface area contributed by atoms with Crippen LogP contribution < -0.4 is 0 Å². The van der Waals surface area contributed by atoms with Gasteiger partial charge in [0.2, 0.25) is 18.0 Å². The molecule has 1 atom stereocenters. The van der Waals surface area contributed by atoms with E-state index >= 15 is 0 Å². The molecule has 5 rings (SSSR count). The molecule has 4 aromatic rings. The fourth-order valence-electron chi connectivity index (χ4n) is 3.66. The van der Waals surface area contributed by atoms with Crippen molar-refractivity contribution in [2.24, 2.45) is 5.10 Å². The van der Waals surface area contributed by atoms with E-state index in [-0.39, 0.29) is 5.91 Å². The lowest BCUT2D eigenvalue weighted by atomic mass is 10.0. The predicted molar refractivity (Wildman–Crippen MR) is 116 cm³/mol. The molecule has 0 fully saturated rings. The van der Waals surface area contributed by atoms with E-state index in [4.69, 9.17) is 9.72 Å². The second-order valence-corrected chi connectivity index (χ2v) is 7.23. The minimum Gasteiger partial charge on any atom is -0.446 e. The number of hydrogen-bond donors (Lipinski definition) is 0. The van der Waals surface area contributed by atoms with Crippen molar-refractivity contribution in [1.82, 2.24) is 9.99 Å². The normalized spacial score (nSPS) is 15.6. The summed E-state index contributed by atoms with van der Waals surface area (Å²) >= 11 is 0. The molecule has 5 nitrogen and oxygen atoms in total. The lowest BCUT2D eigenvalue weighted by molar-refractivity contribution is -0.135. The van der Waals surface area contributed by atoms with Crippen LogP contribution in [-0.2, 0) is 9.53 Å². The fraction of sp³-hybridized carbons (Fsp3) is 0.0800. The molecular weight excluding hydrogens is 393 g/mol. The van der Waals surface area contributed by atoms with Gasteiger partial charge >= 0.3 is 0 Å². The number of nitrogens with zero attached hydrogens (tertiary/aromatic N) is 3. The minimum absolute atomic E-state index is 0.292. The molecule has 0 spiro atoms. The molecule has 152 valence electrons. The zero-order valence-electron chi connectivity index (χ0n) is 16.7. The Balaban J connectivity index is 1.65. The Morgan fingerprint density at radius 1 is 0.968 bits per heavy atom. The number of hydrogen-bond acceptors (Lipinski definition) is 4. The molecular formula is C25H18FN3O2. The van der Waals surface area contributed by atoms with E-state index < -0.39 is 12.0 Å². The van der Waals surface area contributed by atoms with Gasteiger partial charge in [-0.3, -0.25) is 4.79 Å². The number of rotatable bonds is 3. The van der Waals surface area contributed by atoms with Gasteiger partial charge in [0.1, 0.15) is 5.82 Å². The maximum absolute atomic E-state index is 13.8. The first-order valence-electron chi connectivity index (χ1n) is 9.86. The van der Waals surface area contributed by atoms with E-state index in [1.807, 2.05) is 60.7 Å². The molecule has 1 aliphatic heterocycles. The summed E-state index contributed by atoms with van der Waals surface area (Å²) in [5, 5.41) is 6.55. The summed E-state index contributed by atoms with van der Waals surface area (Å²) < 4.78 is 19.9. The number of hydrazone groups is 1. The molecule has 6 heteroatoms. The highest BCUT2D eigenvalue weighted by molar-refractivity contribution is 6.08. The highest BCUT2D eigenvalue weighted by atomic mass is 19.1. The van der Waals surface area contributed by atoms with Crippen LogP contribution in [-0.4, -0.2) is 21.8 Å². The Morgan fingerprint density at radius 3 is 2.52 bits per heavy atom. The number of pyridine rings is 1. The van der Waals surface area contributed by atoms with Crippen molar-refractivity contribution >= 4 is 22.7 Å². The lowest BCUT2D eigenvalue weighted by Crippen LogP contribution is -2.25. The molecule has 0 saturated heterocycles. The van der Waals surface area contributed by atoms with Crippen molar-refractivity contribution in [3.05, 3.63) is 102 Å². The molecule has 1 aliphatic rings. The molecule has 1 aromatic heterocycles. The number of ether oxygens (including phenoxy) is 1. The van der Waals surface area contributed by atoms with Gasteiger partial charge in [0.15, 0.2) is 0 Å². The third kappa shape index (κ3) is 3.53. The van der Waals surface area contributed by atoms with Crippen molar-refractivity contribution < 1.29 is 13.9 Å². The number of para-hydroxylation sites is 1. The molecule has 0 N–H and O–H groups in total. The van der Waals surface area contributed by atoms with Gasteiger partial charge in [-0.05, 0) is 24.3 Å². The molecule has 0 radical (unpaired) electrons. The van der Waals surface area contributed by atoms with Crippen LogP contribution in [0, 0.1) is 5.82 Å². The quantitative estimate of drug-likeness (QED) is 0.461. The van der Waals surface area contributed by atoms with E-state index in [2.05, 4.69) is 5.10 Å². The molecule has 1 amide bonds. The topological polar surface area (TPSA) is 54.8 Å². The first-order valence-corrected chi connectivity index (χ1v) is 9.86. The second kappa shape index (κ2) is 7.65. The Labute approximate surface area is 178 Å². The average Bonchev–Trinajstić information content (AvgIpc) is 3.25. The first kappa shape index (κ1) is 18.9. The Hall–Kier alpha value is -4.06. The average molecular weight is 411 g/mol. The summed E-state index contributed by atoms with van der Waals surface area (Å²) in [6.45, 7) is 1.40.